The summed E-state index contributed by atoms with van der Waals surface area (Å²) in [6.45, 7) is 3.76. The number of ether oxygens (including phenoxy) is 5. The molecule has 0 saturated carbocycles. The molecule has 0 aliphatic rings. The van der Waals surface area contributed by atoms with Crippen LogP contribution in [0.15, 0.2) is 30.3 Å². The average molecular weight is 464 g/mol. The van der Waals surface area contributed by atoms with Gasteiger partial charge in [-0.05, 0) is 37.6 Å². The van der Waals surface area contributed by atoms with Gasteiger partial charge in [-0.1, -0.05) is 11.6 Å². The van der Waals surface area contributed by atoms with Crippen LogP contribution in [-0.2, 0) is 9.53 Å². The molecule has 2 aromatic carbocycles. The Labute approximate surface area is 192 Å². The zero-order valence-electron chi connectivity index (χ0n) is 18.8. The van der Waals surface area contributed by atoms with Gasteiger partial charge in [0.1, 0.15) is 0 Å². The number of hydrogen-bond acceptors (Lipinski definition) is 7. The van der Waals surface area contributed by atoms with E-state index in [2.05, 4.69) is 5.32 Å². The molecule has 0 bridgehead atoms. The molecular formula is C23H26ClNO7. The van der Waals surface area contributed by atoms with E-state index < -0.39 is 11.9 Å². The Balaban J connectivity index is 2.31. The lowest BCUT2D eigenvalue weighted by atomic mass is 10.1. The molecule has 2 aromatic rings. The van der Waals surface area contributed by atoms with Gasteiger partial charge in [-0.25, -0.2) is 4.79 Å². The summed E-state index contributed by atoms with van der Waals surface area (Å²) >= 11 is 6.32. The van der Waals surface area contributed by atoms with Crippen LogP contribution in [0.2, 0.25) is 5.02 Å². The van der Waals surface area contributed by atoms with Crippen LogP contribution in [0.4, 0.5) is 5.69 Å². The Morgan fingerprint density at radius 3 is 2.12 bits per heavy atom. The summed E-state index contributed by atoms with van der Waals surface area (Å²) in [5.41, 5.74) is 0.950. The first-order valence-electron chi connectivity index (χ1n) is 9.61. The van der Waals surface area contributed by atoms with Crippen LogP contribution in [0.5, 0.6) is 23.0 Å². The summed E-state index contributed by atoms with van der Waals surface area (Å²) in [6.07, 6.45) is 2.77. The number of carbonyl (C=O) groups excluding carboxylic acids is 2. The molecule has 0 fully saturated rings. The first-order valence-corrected chi connectivity index (χ1v) is 9.99. The molecule has 0 heterocycles. The maximum atomic E-state index is 12.5. The van der Waals surface area contributed by atoms with Crippen molar-refractivity contribution in [2.75, 3.05) is 33.8 Å². The van der Waals surface area contributed by atoms with Crippen LogP contribution in [0.3, 0.4) is 0 Å². The highest BCUT2D eigenvalue weighted by molar-refractivity contribution is 6.32. The Bertz CT molecular complexity index is 1020. The smallest absolute Gasteiger partial charge is 0.340 e. The van der Waals surface area contributed by atoms with E-state index in [1.165, 1.54) is 46.6 Å². The molecule has 32 heavy (non-hydrogen) atoms. The van der Waals surface area contributed by atoms with Gasteiger partial charge in [0.2, 0.25) is 5.91 Å². The van der Waals surface area contributed by atoms with E-state index in [0.29, 0.717) is 33.6 Å². The maximum absolute atomic E-state index is 12.5. The van der Waals surface area contributed by atoms with Crippen LogP contribution < -0.4 is 24.3 Å². The van der Waals surface area contributed by atoms with Gasteiger partial charge in [0.15, 0.2) is 23.0 Å². The van der Waals surface area contributed by atoms with Crippen molar-refractivity contribution < 1.29 is 33.3 Å². The minimum Gasteiger partial charge on any atom is -0.493 e. The van der Waals surface area contributed by atoms with Crippen molar-refractivity contribution in [3.8, 4) is 23.0 Å². The summed E-state index contributed by atoms with van der Waals surface area (Å²) in [5.74, 6) is 0.420. The van der Waals surface area contributed by atoms with Crippen molar-refractivity contribution in [3.05, 3.63) is 46.5 Å². The molecule has 8 nitrogen and oxygen atoms in total. The Hall–Kier alpha value is -3.39. The zero-order chi connectivity index (χ0) is 23.8. The molecule has 1 N–H and O–H groups in total. The molecule has 1 amide bonds. The number of halogens is 1. The summed E-state index contributed by atoms with van der Waals surface area (Å²) in [7, 11) is 5.64. The van der Waals surface area contributed by atoms with Crippen LogP contribution in [-0.4, -0.2) is 46.4 Å². The van der Waals surface area contributed by atoms with Gasteiger partial charge in [0, 0.05) is 18.2 Å². The minimum atomic E-state index is -0.637. The molecule has 0 unspecified atom stereocenters. The van der Waals surface area contributed by atoms with Crippen LogP contribution >= 0.6 is 11.6 Å². The van der Waals surface area contributed by atoms with Crippen molar-refractivity contribution >= 4 is 35.2 Å². The number of anilines is 1. The molecule has 0 saturated heterocycles. The second-order valence-corrected chi connectivity index (χ2v) is 7.17. The first kappa shape index (κ1) is 24.9. The first-order chi connectivity index (χ1) is 15.2. The zero-order valence-corrected chi connectivity index (χ0v) is 19.5. The molecule has 2 rings (SSSR count). The molecule has 0 aliphatic heterocycles. The summed E-state index contributed by atoms with van der Waals surface area (Å²) in [4.78, 5) is 24.7. The number of benzene rings is 2. The van der Waals surface area contributed by atoms with Gasteiger partial charge in [0.25, 0.3) is 0 Å². The summed E-state index contributed by atoms with van der Waals surface area (Å²) < 4.78 is 26.3. The van der Waals surface area contributed by atoms with Crippen LogP contribution in [0.25, 0.3) is 6.08 Å². The lowest BCUT2D eigenvalue weighted by Gasteiger charge is -2.15. The fraction of sp³-hybridized carbons (Fsp3) is 0.304. The van der Waals surface area contributed by atoms with Gasteiger partial charge in [0.05, 0.1) is 50.8 Å². The van der Waals surface area contributed by atoms with E-state index in [-0.39, 0.29) is 17.4 Å². The van der Waals surface area contributed by atoms with Crippen molar-refractivity contribution in [2.24, 2.45) is 0 Å². The van der Waals surface area contributed by atoms with Crippen LogP contribution in [0.1, 0.15) is 29.8 Å². The number of nitrogens with one attached hydrogen (secondary N) is 1. The largest absolute Gasteiger partial charge is 0.493 e. The van der Waals surface area contributed by atoms with Gasteiger partial charge < -0.3 is 29.0 Å². The van der Waals surface area contributed by atoms with Gasteiger partial charge in [-0.15, -0.1) is 0 Å². The number of methoxy groups -OCH3 is 4. The number of hydrogen-bond donors (Lipinski definition) is 1. The van der Waals surface area contributed by atoms with E-state index in [0.717, 1.165) is 0 Å². The van der Waals surface area contributed by atoms with E-state index in [4.69, 9.17) is 35.3 Å². The molecule has 0 spiro atoms. The third kappa shape index (κ3) is 6.07. The van der Waals surface area contributed by atoms with Crippen molar-refractivity contribution in [2.45, 2.75) is 20.0 Å². The molecular weight excluding hydrogens is 438 g/mol. The fourth-order valence-electron chi connectivity index (χ4n) is 2.79. The Kier molecular flexibility index (Phi) is 8.78. The monoisotopic (exact) mass is 463 g/mol. The number of rotatable bonds is 9. The van der Waals surface area contributed by atoms with Gasteiger partial charge >= 0.3 is 5.97 Å². The van der Waals surface area contributed by atoms with Crippen molar-refractivity contribution in [1.82, 2.24) is 0 Å². The third-order valence-electron chi connectivity index (χ3n) is 4.22. The van der Waals surface area contributed by atoms with Gasteiger partial charge in [-0.2, -0.15) is 0 Å². The van der Waals surface area contributed by atoms with Crippen LogP contribution in [0, 0.1) is 0 Å². The number of amides is 1. The lowest BCUT2D eigenvalue weighted by Crippen LogP contribution is -2.13. The van der Waals surface area contributed by atoms with E-state index >= 15 is 0 Å². The SMILES string of the molecule is COC(=O)c1cc(OC)c(OC)cc1NC(=O)/C=C/c1cc(Cl)c(OC(C)C)c(OC)c1. The quantitative estimate of drug-likeness (QED) is 0.429. The van der Waals surface area contributed by atoms with E-state index in [1.54, 1.807) is 18.2 Å². The second kappa shape index (κ2) is 11.3. The topological polar surface area (TPSA) is 92.3 Å². The van der Waals surface area contributed by atoms with Crippen molar-refractivity contribution in [1.29, 1.82) is 0 Å². The highest BCUT2D eigenvalue weighted by Crippen LogP contribution is 2.37. The van der Waals surface area contributed by atoms with E-state index in [1.807, 2.05) is 13.8 Å². The fourth-order valence-corrected chi connectivity index (χ4v) is 3.06. The molecule has 0 aromatic heterocycles. The summed E-state index contributed by atoms with van der Waals surface area (Å²) in [6, 6.07) is 6.27. The molecule has 9 heteroatoms. The Morgan fingerprint density at radius 2 is 1.56 bits per heavy atom. The average Bonchev–Trinajstić information content (AvgIpc) is 2.77. The van der Waals surface area contributed by atoms with Gasteiger partial charge in [-0.3, -0.25) is 4.79 Å². The standard InChI is InChI=1S/C23H26ClNO7/c1-13(2)32-22-16(24)9-14(10-20(22)30-5)7-8-21(26)25-17-12-19(29-4)18(28-3)11-15(17)23(27)31-6/h7-13H,1-6H3,(H,25,26)/b8-7+. The highest BCUT2D eigenvalue weighted by atomic mass is 35.5. The molecule has 172 valence electrons. The predicted molar refractivity (Wildman–Crippen MR) is 122 cm³/mol. The minimum absolute atomic E-state index is 0.0842. The number of carbonyl (C=O) groups is 2. The second-order valence-electron chi connectivity index (χ2n) is 6.77. The third-order valence-corrected chi connectivity index (χ3v) is 4.50. The summed E-state index contributed by atoms with van der Waals surface area (Å²) in [5, 5.41) is 3.00. The Morgan fingerprint density at radius 1 is 0.938 bits per heavy atom. The molecule has 0 atom stereocenters. The van der Waals surface area contributed by atoms with Crippen molar-refractivity contribution in [3.63, 3.8) is 0 Å². The van der Waals surface area contributed by atoms with E-state index in [9.17, 15) is 9.59 Å². The highest BCUT2D eigenvalue weighted by Gasteiger charge is 2.19. The maximum Gasteiger partial charge on any atom is 0.340 e. The number of esters is 1. The predicted octanol–water partition coefficient (Wildman–Crippen LogP) is 4.59. The molecule has 0 aliphatic carbocycles. The normalized spacial score (nSPS) is 10.8. The lowest BCUT2D eigenvalue weighted by molar-refractivity contribution is -0.111. The molecule has 0 radical (unpaired) electrons.